The standard InChI is InChI=1S/C26H29BrFNO5S/c1-18(26(34-4)24-14-9-21(28)15-25(24)27)35(30,31)29(16-19-5-10-22(32-2)11-6-19)17-20-7-12-23(33-3)13-8-20/h5-15,18,26H,16-17H2,1-4H3/t18-,26-/m0/s1. The molecular weight excluding hydrogens is 537 g/mol. The van der Waals surface area contributed by atoms with Crippen molar-refractivity contribution in [3.8, 4) is 11.5 Å². The van der Waals surface area contributed by atoms with E-state index in [-0.39, 0.29) is 13.1 Å². The lowest BCUT2D eigenvalue weighted by atomic mass is 10.1. The SMILES string of the molecule is COc1ccc(CN(Cc2ccc(OC)cc2)S(=O)(=O)[C@@H](C)[C@H](OC)c2ccc(F)cc2Br)cc1. The van der Waals surface area contributed by atoms with Gasteiger partial charge < -0.3 is 14.2 Å². The number of methoxy groups -OCH3 is 3. The van der Waals surface area contributed by atoms with Crippen LogP contribution in [0.15, 0.2) is 71.2 Å². The van der Waals surface area contributed by atoms with Crippen LogP contribution in [-0.4, -0.2) is 39.3 Å². The minimum Gasteiger partial charge on any atom is -0.497 e. The highest BCUT2D eigenvalue weighted by molar-refractivity contribution is 9.10. The predicted molar refractivity (Wildman–Crippen MR) is 137 cm³/mol. The number of benzene rings is 3. The molecule has 188 valence electrons. The fourth-order valence-electron chi connectivity index (χ4n) is 3.80. The Morgan fingerprint density at radius 3 is 1.74 bits per heavy atom. The average molecular weight is 566 g/mol. The molecule has 0 radical (unpaired) electrons. The van der Waals surface area contributed by atoms with Crippen LogP contribution in [0.3, 0.4) is 0 Å². The van der Waals surface area contributed by atoms with Gasteiger partial charge >= 0.3 is 0 Å². The molecule has 0 bridgehead atoms. The molecule has 3 aromatic carbocycles. The van der Waals surface area contributed by atoms with Crippen molar-refractivity contribution in [2.75, 3.05) is 21.3 Å². The first-order valence-electron chi connectivity index (χ1n) is 10.9. The van der Waals surface area contributed by atoms with Gasteiger partial charge in [0.15, 0.2) is 0 Å². The van der Waals surface area contributed by atoms with Crippen LogP contribution >= 0.6 is 15.9 Å². The summed E-state index contributed by atoms with van der Waals surface area (Å²) in [5.74, 6) is 0.950. The van der Waals surface area contributed by atoms with Gasteiger partial charge in [0, 0.05) is 24.7 Å². The molecule has 0 saturated heterocycles. The molecule has 0 aliphatic heterocycles. The van der Waals surface area contributed by atoms with E-state index in [0.717, 1.165) is 11.1 Å². The van der Waals surface area contributed by atoms with E-state index >= 15 is 0 Å². The Morgan fingerprint density at radius 2 is 1.34 bits per heavy atom. The monoisotopic (exact) mass is 565 g/mol. The number of ether oxygens (including phenoxy) is 3. The smallest absolute Gasteiger partial charge is 0.220 e. The molecule has 0 fully saturated rings. The van der Waals surface area contributed by atoms with E-state index in [9.17, 15) is 12.8 Å². The summed E-state index contributed by atoms with van der Waals surface area (Å²) in [6.45, 7) is 1.92. The molecule has 35 heavy (non-hydrogen) atoms. The van der Waals surface area contributed by atoms with Crippen LogP contribution in [0.2, 0.25) is 0 Å². The number of hydrogen-bond donors (Lipinski definition) is 0. The fraction of sp³-hybridized carbons (Fsp3) is 0.308. The van der Waals surface area contributed by atoms with E-state index < -0.39 is 27.2 Å². The predicted octanol–water partition coefficient (Wildman–Crippen LogP) is 5.71. The summed E-state index contributed by atoms with van der Waals surface area (Å²) in [5, 5.41) is -0.953. The summed E-state index contributed by atoms with van der Waals surface area (Å²) in [6.07, 6.45) is -0.816. The highest BCUT2D eigenvalue weighted by Gasteiger charge is 2.36. The zero-order valence-corrected chi connectivity index (χ0v) is 22.5. The van der Waals surface area contributed by atoms with Gasteiger partial charge in [0.2, 0.25) is 10.0 Å². The van der Waals surface area contributed by atoms with Crippen LogP contribution in [0.5, 0.6) is 11.5 Å². The molecule has 3 aromatic rings. The van der Waals surface area contributed by atoms with Crippen molar-refractivity contribution < 1.29 is 27.0 Å². The van der Waals surface area contributed by atoms with E-state index in [1.807, 2.05) is 24.3 Å². The Balaban J connectivity index is 1.97. The van der Waals surface area contributed by atoms with Crippen LogP contribution in [0.25, 0.3) is 0 Å². The molecule has 0 aromatic heterocycles. The first kappa shape index (κ1) is 27.1. The fourth-order valence-corrected chi connectivity index (χ4v) is 6.07. The number of hydrogen-bond acceptors (Lipinski definition) is 5. The Morgan fingerprint density at radius 1 is 0.857 bits per heavy atom. The second kappa shape index (κ2) is 12.0. The number of rotatable bonds is 11. The molecule has 0 N–H and O–H groups in total. The molecule has 0 saturated carbocycles. The number of halogens is 2. The lowest BCUT2D eigenvalue weighted by molar-refractivity contribution is 0.0997. The second-order valence-corrected chi connectivity index (χ2v) is 11.2. The molecule has 6 nitrogen and oxygen atoms in total. The number of sulfonamides is 1. The largest absolute Gasteiger partial charge is 0.497 e. The maximum absolute atomic E-state index is 13.9. The second-order valence-electron chi connectivity index (χ2n) is 8.04. The molecule has 0 unspecified atom stereocenters. The quantitative estimate of drug-likeness (QED) is 0.298. The molecule has 0 heterocycles. The lowest BCUT2D eigenvalue weighted by Crippen LogP contribution is -2.40. The summed E-state index contributed by atoms with van der Waals surface area (Å²) in [6, 6.07) is 18.7. The maximum atomic E-state index is 13.9. The lowest BCUT2D eigenvalue weighted by Gasteiger charge is -2.30. The van der Waals surface area contributed by atoms with E-state index in [1.165, 1.54) is 29.6 Å². The Kier molecular flexibility index (Phi) is 9.29. The minimum absolute atomic E-state index is 0.156. The van der Waals surface area contributed by atoms with Crippen molar-refractivity contribution in [3.63, 3.8) is 0 Å². The first-order valence-corrected chi connectivity index (χ1v) is 13.2. The molecule has 3 rings (SSSR count). The van der Waals surface area contributed by atoms with Crippen molar-refractivity contribution in [1.29, 1.82) is 0 Å². The Labute approximate surface area is 214 Å². The molecule has 0 aliphatic carbocycles. The molecule has 9 heteroatoms. The van der Waals surface area contributed by atoms with Gasteiger partial charge in [0.1, 0.15) is 28.7 Å². The normalized spacial score (nSPS) is 13.5. The molecule has 2 atom stereocenters. The molecule has 0 aliphatic rings. The Bertz CT molecular complexity index is 1170. The molecular formula is C26H29BrFNO5S. The van der Waals surface area contributed by atoms with Gasteiger partial charge in [-0.25, -0.2) is 12.8 Å². The van der Waals surface area contributed by atoms with Crippen molar-refractivity contribution in [2.45, 2.75) is 31.4 Å². The summed E-state index contributed by atoms with van der Waals surface area (Å²) in [4.78, 5) is 0. The average Bonchev–Trinajstić information content (AvgIpc) is 2.86. The summed E-state index contributed by atoms with van der Waals surface area (Å²) in [7, 11) is 0.722. The zero-order valence-electron chi connectivity index (χ0n) is 20.1. The molecule has 0 amide bonds. The minimum atomic E-state index is -3.88. The van der Waals surface area contributed by atoms with Gasteiger partial charge in [-0.2, -0.15) is 4.31 Å². The van der Waals surface area contributed by atoms with Crippen molar-refractivity contribution in [2.24, 2.45) is 0 Å². The Hall–Kier alpha value is -2.46. The van der Waals surface area contributed by atoms with Crippen LogP contribution in [0, 0.1) is 5.82 Å². The topological polar surface area (TPSA) is 65.1 Å². The third-order valence-electron chi connectivity index (χ3n) is 5.81. The van der Waals surface area contributed by atoms with Gasteiger partial charge in [-0.15, -0.1) is 0 Å². The van der Waals surface area contributed by atoms with Crippen molar-refractivity contribution >= 4 is 26.0 Å². The van der Waals surface area contributed by atoms with Crippen LogP contribution in [0.1, 0.15) is 29.7 Å². The van der Waals surface area contributed by atoms with Crippen LogP contribution < -0.4 is 9.47 Å². The van der Waals surface area contributed by atoms with E-state index in [0.29, 0.717) is 21.5 Å². The van der Waals surface area contributed by atoms with Crippen molar-refractivity contribution in [3.05, 3.63) is 93.7 Å². The van der Waals surface area contributed by atoms with E-state index in [4.69, 9.17) is 14.2 Å². The van der Waals surface area contributed by atoms with Crippen molar-refractivity contribution in [1.82, 2.24) is 4.31 Å². The van der Waals surface area contributed by atoms with Crippen LogP contribution in [-0.2, 0) is 27.8 Å². The summed E-state index contributed by atoms with van der Waals surface area (Å²) < 4.78 is 59.5. The summed E-state index contributed by atoms with van der Waals surface area (Å²) in [5.41, 5.74) is 2.18. The number of nitrogens with zero attached hydrogens (tertiary/aromatic N) is 1. The summed E-state index contributed by atoms with van der Waals surface area (Å²) >= 11 is 3.34. The maximum Gasteiger partial charge on any atom is 0.220 e. The van der Waals surface area contributed by atoms with Gasteiger partial charge in [-0.05, 0) is 60.0 Å². The van der Waals surface area contributed by atoms with E-state index in [2.05, 4.69) is 15.9 Å². The van der Waals surface area contributed by atoms with Gasteiger partial charge in [-0.3, -0.25) is 0 Å². The van der Waals surface area contributed by atoms with Crippen LogP contribution in [0.4, 0.5) is 4.39 Å². The highest BCUT2D eigenvalue weighted by Crippen LogP contribution is 2.34. The zero-order chi connectivity index (χ0) is 25.6. The first-order chi connectivity index (χ1) is 16.7. The third kappa shape index (κ3) is 6.61. The molecule has 0 spiro atoms. The van der Waals surface area contributed by atoms with E-state index in [1.54, 1.807) is 45.4 Å². The third-order valence-corrected chi connectivity index (χ3v) is 8.67. The van der Waals surface area contributed by atoms with Gasteiger partial charge in [0.25, 0.3) is 0 Å². The van der Waals surface area contributed by atoms with Gasteiger partial charge in [0.05, 0.1) is 14.2 Å². The highest BCUT2D eigenvalue weighted by atomic mass is 79.9. The van der Waals surface area contributed by atoms with Gasteiger partial charge in [-0.1, -0.05) is 46.3 Å².